The molecule has 26 heavy (non-hydrogen) atoms. The lowest BCUT2D eigenvalue weighted by Crippen LogP contribution is -2.32. The normalized spacial score (nSPS) is 11.8. The molecule has 0 unspecified atom stereocenters. The maximum atomic E-state index is 12.7. The Morgan fingerprint density at radius 3 is 2.65 bits per heavy atom. The van der Waals surface area contributed by atoms with Gasteiger partial charge in [-0.05, 0) is 19.1 Å². The van der Waals surface area contributed by atoms with Crippen molar-refractivity contribution >= 4 is 44.4 Å². The van der Waals surface area contributed by atoms with E-state index in [1.807, 2.05) is 52.0 Å². The summed E-state index contributed by atoms with van der Waals surface area (Å²) in [7, 11) is 0. The summed E-state index contributed by atoms with van der Waals surface area (Å²) < 4.78 is 2.53. The predicted molar refractivity (Wildman–Crippen MR) is 107 cm³/mol. The fourth-order valence-corrected chi connectivity index (χ4v) is 4.26. The summed E-state index contributed by atoms with van der Waals surface area (Å²) in [5.74, 6) is 6.96. The van der Waals surface area contributed by atoms with Gasteiger partial charge in [-0.1, -0.05) is 56.0 Å². The molecule has 0 atom stereocenters. The summed E-state index contributed by atoms with van der Waals surface area (Å²) in [5.41, 5.74) is 0.698. The molecule has 9 heteroatoms. The van der Waals surface area contributed by atoms with E-state index in [1.165, 1.54) is 27.8 Å². The van der Waals surface area contributed by atoms with Crippen molar-refractivity contribution in [3.05, 3.63) is 30.1 Å². The largest absolute Gasteiger partial charge is 0.336 e. The number of hydrogen-bond acceptors (Lipinski definition) is 7. The van der Waals surface area contributed by atoms with E-state index in [0.29, 0.717) is 22.7 Å². The number of hydrogen-bond donors (Lipinski definition) is 1. The molecular weight excluding hydrogens is 368 g/mol. The van der Waals surface area contributed by atoms with Crippen LogP contribution in [-0.2, 0) is 10.2 Å². The number of fused-ring (bicyclic) bond motifs is 1. The third-order valence-electron chi connectivity index (χ3n) is 3.79. The number of anilines is 1. The lowest BCUT2D eigenvalue weighted by atomic mass is 9.96. The Kier molecular flexibility index (Phi) is 5.19. The second kappa shape index (κ2) is 7.24. The van der Waals surface area contributed by atoms with Crippen molar-refractivity contribution in [2.45, 2.75) is 38.3 Å². The first kappa shape index (κ1) is 18.7. The van der Waals surface area contributed by atoms with E-state index >= 15 is 0 Å². The molecule has 0 bridgehead atoms. The predicted octanol–water partition coefficient (Wildman–Crippen LogP) is 3.04. The van der Waals surface area contributed by atoms with Crippen LogP contribution in [0, 0.1) is 0 Å². The van der Waals surface area contributed by atoms with E-state index in [4.69, 9.17) is 5.84 Å². The molecule has 138 valence electrons. The number of para-hydroxylation sites is 1. The summed E-state index contributed by atoms with van der Waals surface area (Å²) in [5, 5.41) is 9.51. The third kappa shape index (κ3) is 3.68. The number of nitrogens with zero attached hydrogens (tertiary/aromatic N) is 5. The quantitative estimate of drug-likeness (QED) is 0.532. The number of thioether (sulfide) groups is 1. The Labute approximate surface area is 160 Å². The molecule has 0 saturated heterocycles. The molecule has 0 saturated carbocycles. The second-order valence-electron chi connectivity index (χ2n) is 6.82. The van der Waals surface area contributed by atoms with E-state index in [0.717, 1.165) is 10.2 Å². The lowest BCUT2D eigenvalue weighted by Gasteiger charge is -2.18. The molecule has 1 aromatic carbocycles. The van der Waals surface area contributed by atoms with Gasteiger partial charge in [-0.3, -0.25) is 9.69 Å². The maximum Gasteiger partial charge on any atom is 0.239 e. The van der Waals surface area contributed by atoms with Crippen molar-refractivity contribution in [2.24, 2.45) is 0 Å². The van der Waals surface area contributed by atoms with Crippen molar-refractivity contribution in [2.75, 3.05) is 23.0 Å². The molecule has 0 radical (unpaired) electrons. The Hall–Kier alpha value is -2.13. The Balaban J connectivity index is 1.73. The van der Waals surface area contributed by atoms with Crippen molar-refractivity contribution in [3.63, 3.8) is 0 Å². The van der Waals surface area contributed by atoms with Crippen molar-refractivity contribution < 1.29 is 4.79 Å². The minimum Gasteiger partial charge on any atom is -0.336 e. The van der Waals surface area contributed by atoms with E-state index in [2.05, 4.69) is 15.2 Å². The smallest absolute Gasteiger partial charge is 0.239 e. The van der Waals surface area contributed by atoms with Crippen molar-refractivity contribution in [1.29, 1.82) is 0 Å². The van der Waals surface area contributed by atoms with Crippen LogP contribution in [0.15, 0.2) is 29.4 Å². The average molecular weight is 391 g/mol. The summed E-state index contributed by atoms with van der Waals surface area (Å²) in [6.45, 7) is 8.56. The fraction of sp³-hybridized carbons (Fsp3) is 0.412. The highest BCUT2D eigenvalue weighted by atomic mass is 32.2. The van der Waals surface area contributed by atoms with Gasteiger partial charge in [-0.25, -0.2) is 9.66 Å². The van der Waals surface area contributed by atoms with Gasteiger partial charge in [0.2, 0.25) is 11.1 Å². The van der Waals surface area contributed by atoms with Crippen molar-refractivity contribution in [1.82, 2.24) is 19.9 Å². The summed E-state index contributed by atoms with van der Waals surface area (Å²) in [4.78, 5) is 19.0. The third-order valence-corrected chi connectivity index (χ3v) is 5.78. The highest BCUT2D eigenvalue weighted by Crippen LogP contribution is 2.29. The summed E-state index contributed by atoms with van der Waals surface area (Å²) in [6, 6.07) is 7.88. The molecule has 0 aliphatic rings. The number of aromatic nitrogens is 4. The SMILES string of the molecule is CCN(C(=O)CSc1nnc(C(C)(C)C)n1N)c1nc2ccccc2s1. The van der Waals surface area contributed by atoms with Crippen LogP contribution in [0.25, 0.3) is 10.2 Å². The molecule has 0 spiro atoms. The molecule has 1 amide bonds. The number of nitrogen functional groups attached to an aromatic ring is 1. The molecule has 3 aromatic rings. The van der Waals surface area contributed by atoms with Crippen LogP contribution in [0.5, 0.6) is 0 Å². The molecule has 2 heterocycles. The molecule has 2 aromatic heterocycles. The fourth-order valence-electron chi connectivity index (χ4n) is 2.48. The van der Waals surface area contributed by atoms with Crippen LogP contribution in [0.1, 0.15) is 33.5 Å². The molecule has 2 N–H and O–H groups in total. The van der Waals surface area contributed by atoms with Gasteiger partial charge in [-0.2, -0.15) is 0 Å². The van der Waals surface area contributed by atoms with Crippen LogP contribution in [0.4, 0.5) is 5.13 Å². The maximum absolute atomic E-state index is 12.7. The minimum absolute atomic E-state index is 0.0307. The summed E-state index contributed by atoms with van der Waals surface area (Å²) in [6.07, 6.45) is 0. The van der Waals surface area contributed by atoms with Gasteiger partial charge in [0, 0.05) is 12.0 Å². The minimum atomic E-state index is -0.207. The molecular formula is C17H22N6OS2. The first-order valence-corrected chi connectivity index (χ1v) is 10.1. The van der Waals surface area contributed by atoms with E-state index < -0.39 is 0 Å². The number of carbonyl (C=O) groups excluding carboxylic acids is 1. The zero-order valence-corrected chi connectivity index (χ0v) is 16.9. The molecule has 0 aliphatic heterocycles. The molecule has 0 fully saturated rings. The van der Waals surface area contributed by atoms with Gasteiger partial charge in [0.15, 0.2) is 11.0 Å². The van der Waals surface area contributed by atoms with Crippen LogP contribution in [0.3, 0.4) is 0 Å². The Bertz CT molecular complexity index is 894. The number of thiazole rings is 1. The Morgan fingerprint density at radius 2 is 2.04 bits per heavy atom. The average Bonchev–Trinajstić information content (AvgIpc) is 3.16. The van der Waals surface area contributed by atoms with Crippen LogP contribution in [0.2, 0.25) is 0 Å². The lowest BCUT2D eigenvalue weighted by molar-refractivity contribution is -0.116. The number of nitrogens with two attached hydrogens (primary N) is 1. The van der Waals surface area contributed by atoms with Crippen molar-refractivity contribution in [3.8, 4) is 0 Å². The summed E-state index contributed by atoms with van der Waals surface area (Å²) >= 11 is 2.80. The Morgan fingerprint density at radius 1 is 1.31 bits per heavy atom. The monoisotopic (exact) mass is 390 g/mol. The molecule has 3 rings (SSSR count). The number of rotatable bonds is 5. The van der Waals surface area contributed by atoms with E-state index in [9.17, 15) is 4.79 Å². The van der Waals surface area contributed by atoms with Crippen LogP contribution >= 0.6 is 23.1 Å². The van der Waals surface area contributed by atoms with Gasteiger partial charge in [0.1, 0.15) is 0 Å². The van der Waals surface area contributed by atoms with Crippen LogP contribution < -0.4 is 10.7 Å². The van der Waals surface area contributed by atoms with Gasteiger partial charge in [0.05, 0.1) is 16.0 Å². The van der Waals surface area contributed by atoms with Gasteiger partial charge < -0.3 is 5.84 Å². The highest BCUT2D eigenvalue weighted by molar-refractivity contribution is 7.99. The second-order valence-corrected chi connectivity index (χ2v) is 8.77. The topological polar surface area (TPSA) is 89.9 Å². The molecule has 0 aliphatic carbocycles. The first-order valence-electron chi connectivity index (χ1n) is 8.31. The number of carbonyl (C=O) groups is 1. The zero-order valence-electron chi connectivity index (χ0n) is 15.3. The van der Waals surface area contributed by atoms with Gasteiger partial charge in [0.25, 0.3) is 0 Å². The van der Waals surface area contributed by atoms with E-state index in [1.54, 1.807) is 4.90 Å². The van der Waals surface area contributed by atoms with E-state index in [-0.39, 0.29) is 17.1 Å². The highest BCUT2D eigenvalue weighted by Gasteiger charge is 2.24. The van der Waals surface area contributed by atoms with Gasteiger partial charge in [-0.15, -0.1) is 10.2 Å². The van der Waals surface area contributed by atoms with Crippen LogP contribution in [-0.4, -0.2) is 38.1 Å². The molecule has 7 nitrogen and oxygen atoms in total. The first-order chi connectivity index (χ1) is 12.3. The standard InChI is InChI=1S/C17H22N6OS2/c1-5-22(15-19-11-8-6-7-9-12(11)26-15)13(24)10-25-16-21-20-14(23(16)18)17(2,3)4/h6-9H,5,10,18H2,1-4H3. The number of benzene rings is 1. The zero-order chi connectivity index (χ0) is 18.9. The number of amides is 1. The van der Waals surface area contributed by atoms with Gasteiger partial charge >= 0.3 is 0 Å².